The predicted molar refractivity (Wildman–Crippen MR) is 110 cm³/mol. The van der Waals surface area contributed by atoms with Crippen molar-refractivity contribution in [3.63, 3.8) is 0 Å². The number of phenolic OH excluding ortho intramolecular Hbond substituents is 3. The average Bonchev–Trinajstić information content (AvgIpc) is 2.88. The number of hydrogen-bond donors (Lipinski definition) is 5. The summed E-state index contributed by atoms with van der Waals surface area (Å²) in [6.45, 7) is 0. The molecule has 1 atom stereocenters. The van der Waals surface area contributed by atoms with Gasteiger partial charge in [-0.1, -0.05) is 48.5 Å². The van der Waals surface area contributed by atoms with Crippen molar-refractivity contribution in [3.8, 4) is 17.2 Å². The van der Waals surface area contributed by atoms with Crippen molar-refractivity contribution in [3.05, 3.63) is 83.4 Å². The van der Waals surface area contributed by atoms with Gasteiger partial charge in [0.05, 0.1) is 11.4 Å². The van der Waals surface area contributed by atoms with E-state index in [4.69, 9.17) is 0 Å². The third-order valence-corrected chi connectivity index (χ3v) is 4.59. The van der Waals surface area contributed by atoms with Crippen LogP contribution in [0.1, 0.15) is 21.5 Å². The fraction of sp³-hybridized carbons (Fsp3) is 0.0455. The van der Waals surface area contributed by atoms with E-state index in [1.54, 1.807) is 12.1 Å². The monoisotopic (exact) mass is 403 g/mol. The van der Waals surface area contributed by atoms with Gasteiger partial charge in [-0.15, -0.1) is 0 Å². The number of para-hydroxylation sites is 1. The highest BCUT2D eigenvalue weighted by Gasteiger charge is 2.27. The second-order valence-corrected chi connectivity index (χ2v) is 6.62. The zero-order valence-corrected chi connectivity index (χ0v) is 15.5. The minimum absolute atomic E-state index is 0.145. The van der Waals surface area contributed by atoms with Crippen LogP contribution in [0.25, 0.3) is 0 Å². The molecule has 4 rings (SSSR count). The molecule has 0 saturated carbocycles. The number of fused-ring (bicyclic) bond motifs is 1. The number of amides is 2. The number of nitrogens with one attached hydrogen (secondary N) is 2. The molecule has 2 amide bonds. The van der Waals surface area contributed by atoms with Gasteiger partial charge in [-0.2, -0.15) is 0 Å². The highest BCUT2D eigenvalue weighted by molar-refractivity contribution is 6.20. The van der Waals surface area contributed by atoms with Crippen molar-refractivity contribution in [1.29, 1.82) is 0 Å². The maximum atomic E-state index is 12.7. The molecule has 0 fully saturated rings. The van der Waals surface area contributed by atoms with Crippen LogP contribution in [-0.4, -0.2) is 39.0 Å². The third-order valence-electron chi connectivity index (χ3n) is 4.59. The Labute approximate surface area is 171 Å². The predicted octanol–water partition coefficient (Wildman–Crippen LogP) is 2.35. The summed E-state index contributed by atoms with van der Waals surface area (Å²) in [6.07, 6.45) is -1.27. The molecule has 0 spiro atoms. The summed E-state index contributed by atoms with van der Waals surface area (Å²) >= 11 is 0. The lowest BCUT2D eigenvalue weighted by molar-refractivity contribution is -0.117. The van der Waals surface area contributed by atoms with E-state index in [-0.39, 0.29) is 5.56 Å². The summed E-state index contributed by atoms with van der Waals surface area (Å²) in [5.41, 5.74) is 2.40. The molecule has 1 aliphatic heterocycles. The first kappa shape index (κ1) is 19.0. The number of carbonyl (C=O) groups is 2. The molecule has 1 heterocycles. The molecule has 3 aromatic rings. The number of anilines is 1. The molecule has 1 unspecified atom stereocenters. The zero-order chi connectivity index (χ0) is 21.3. The molecule has 0 saturated heterocycles. The zero-order valence-electron chi connectivity index (χ0n) is 15.5. The molecular formula is C22H17N3O5. The maximum absolute atomic E-state index is 12.7. The lowest BCUT2D eigenvalue weighted by atomic mass is 10.0. The number of phenols is 3. The molecule has 0 bridgehead atoms. The fourth-order valence-corrected chi connectivity index (χ4v) is 3.12. The summed E-state index contributed by atoms with van der Waals surface area (Å²) in [5.74, 6) is -3.37. The topological polar surface area (TPSA) is 131 Å². The summed E-state index contributed by atoms with van der Waals surface area (Å²) in [4.78, 5) is 29.9. The van der Waals surface area contributed by atoms with Gasteiger partial charge >= 0.3 is 0 Å². The lowest BCUT2D eigenvalue weighted by Crippen LogP contribution is -2.42. The highest BCUT2D eigenvalue weighted by Crippen LogP contribution is 2.35. The van der Waals surface area contributed by atoms with Gasteiger partial charge in [-0.3, -0.25) is 9.59 Å². The van der Waals surface area contributed by atoms with Gasteiger partial charge in [0.25, 0.3) is 11.8 Å². The second kappa shape index (κ2) is 7.59. The Bertz CT molecular complexity index is 1150. The summed E-state index contributed by atoms with van der Waals surface area (Å²) in [5, 5.41) is 34.0. The van der Waals surface area contributed by atoms with Gasteiger partial charge in [0, 0.05) is 16.7 Å². The third kappa shape index (κ3) is 3.53. The SMILES string of the molecule is O=C(NC1N=C(c2ccccc2)c2ccccc2NC1=O)c1cc(O)c(O)c(O)c1. The van der Waals surface area contributed by atoms with Gasteiger partial charge in [0.2, 0.25) is 6.17 Å². The molecule has 0 aliphatic carbocycles. The van der Waals surface area contributed by atoms with Crippen LogP contribution in [0.5, 0.6) is 17.2 Å². The highest BCUT2D eigenvalue weighted by atomic mass is 16.3. The Morgan fingerprint density at radius 3 is 2.27 bits per heavy atom. The van der Waals surface area contributed by atoms with Crippen molar-refractivity contribution < 1.29 is 24.9 Å². The van der Waals surface area contributed by atoms with Crippen LogP contribution < -0.4 is 10.6 Å². The van der Waals surface area contributed by atoms with Gasteiger partial charge in [-0.25, -0.2) is 4.99 Å². The van der Waals surface area contributed by atoms with Crippen LogP contribution in [0.3, 0.4) is 0 Å². The second-order valence-electron chi connectivity index (χ2n) is 6.62. The van der Waals surface area contributed by atoms with Crippen LogP contribution in [0.15, 0.2) is 71.7 Å². The van der Waals surface area contributed by atoms with E-state index in [0.717, 1.165) is 17.7 Å². The van der Waals surface area contributed by atoms with Crippen LogP contribution in [0.2, 0.25) is 0 Å². The van der Waals surface area contributed by atoms with Crippen LogP contribution in [0.4, 0.5) is 5.69 Å². The Balaban J connectivity index is 1.73. The number of carbonyl (C=O) groups excluding carboxylic acids is 2. The number of hydrogen-bond acceptors (Lipinski definition) is 6. The van der Waals surface area contributed by atoms with Crippen LogP contribution >= 0.6 is 0 Å². The number of aromatic hydroxyl groups is 3. The first-order chi connectivity index (χ1) is 14.4. The Kier molecular flexibility index (Phi) is 4.81. The number of benzodiazepines with no additional fused rings is 1. The van der Waals surface area contributed by atoms with E-state index in [1.165, 1.54) is 0 Å². The van der Waals surface area contributed by atoms with Crippen molar-refractivity contribution in [2.75, 3.05) is 5.32 Å². The molecule has 150 valence electrons. The Hall–Kier alpha value is -4.33. The lowest BCUT2D eigenvalue weighted by Gasteiger charge is -2.14. The van der Waals surface area contributed by atoms with E-state index in [0.29, 0.717) is 17.0 Å². The van der Waals surface area contributed by atoms with E-state index in [9.17, 15) is 24.9 Å². The van der Waals surface area contributed by atoms with Gasteiger partial charge in [0.1, 0.15) is 0 Å². The normalized spacial score (nSPS) is 15.4. The van der Waals surface area contributed by atoms with E-state index < -0.39 is 35.2 Å². The molecule has 30 heavy (non-hydrogen) atoms. The van der Waals surface area contributed by atoms with E-state index in [1.807, 2.05) is 42.5 Å². The number of aliphatic imine (C=N–C) groups is 1. The standard InChI is InChI=1S/C22H17N3O5/c26-16-10-13(11-17(27)19(16)28)21(29)25-20-22(30)23-15-9-5-4-8-14(15)18(24-20)12-6-2-1-3-7-12/h1-11,20,26-28H,(H,23,30)(H,25,29). The summed E-state index contributed by atoms with van der Waals surface area (Å²) in [6, 6.07) is 18.4. The molecule has 0 radical (unpaired) electrons. The summed E-state index contributed by atoms with van der Waals surface area (Å²) < 4.78 is 0. The van der Waals surface area contributed by atoms with Gasteiger partial charge < -0.3 is 26.0 Å². The van der Waals surface area contributed by atoms with Gasteiger partial charge in [0.15, 0.2) is 17.2 Å². The number of benzene rings is 3. The van der Waals surface area contributed by atoms with Crippen molar-refractivity contribution in [2.45, 2.75) is 6.17 Å². The summed E-state index contributed by atoms with van der Waals surface area (Å²) in [7, 11) is 0. The molecule has 8 nitrogen and oxygen atoms in total. The Morgan fingerprint density at radius 1 is 0.933 bits per heavy atom. The fourth-order valence-electron chi connectivity index (χ4n) is 3.12. The minimum atomic E-state index is -1.27. The maximum Gasteiger partial charge on any atom is 0.269 e. The molecule has 5 N–H and O–H groups in total. The minimum Gasteiger partial charge on any atom is -0.504 e. The van der Waals surface area contributed by atoms with E-state index >= 15 is 0 Å². The van der Waals surface area contributed by atoms with E-state index in [2.05, 4.69) is 15.6 Å². The number of nitrogens with zero attached hydrogens (tertiary/aromatic N) is 1. The van der Waals surface area contributed by atoms with Crippen molar-refractivity contribution >= 4 is 23.2 Å². The molecule has 3 aromatic carbocycles. The van der Waals surface area contributed by atoms with Crippen LogP contribution in [-0.2, 0) is 4.79 Å². The first-order valence-electron chi connectivity index (χ1n) is 9.03. The van der Waals surface area contributed by atoms with Gasteiger partial charge in [-0.05, 0) is 18.2 Å². The average molecular weight is 403 g/mol. The largest absolute Gasteiger partial charge is 0.504 e. The number of rotatable bonds is 3. The Morgan fingerprint density at radius 2 is 1.57 bits per heavy atom. The first-order valence-corrected chi connectivity index (χ1v) is 9.03. The van der Waals surface area contributed by atoms with Crippen LogP contribution in [0, 0.1) is 0 Å². The molecule has 8 heteroatoms. The van der Waals surface area contributed by atoms with Crippen molar-refractivity contribution in [2.24, 2.45) is 4.99 Å². The smallest absolute Gasteiger partial charge is 0.269 e. The molecule has 1 aliphatic rings. The molecular weight excluding hydrogens is 386 g/mol. The van der Waals surface area contributed by atoms with Crippen molar-refractivity contribution in [1.82, 2.24) is 5.32 Å². The molecule has 0 aromatic heterocycles. The quantitative estimate of drug-likeness (QED) is 0.429.